The molecule has 0 spiro atoms. The normalized spacial score (nSPS) is 12.6. The first-order valence-electron chi connectivity index (χ1n) is 5.48. The van der Waals surface area contributed by atoms with Crippen LogP contribution >= 0.6 is 27.5 Å². The molecule has 1 heterocycles. The minimum Gasteiger partial charge on any atom is -0.276 e. The van der Waals surface area contributed by atoms with Gasteiger partial charge >= 0.3 is 0 Å². The molecule has 2 rings (SSSR count). The lowest BCUT2D eigenvalue weighted by Gasteiger charge is -2.14. The van der Waals surface area contributed by atoms with Gasteiger partial charge < -0.3 is 0 Å². The lowest BCUT2D eigenvalue weighted by molar-refractivity contribution is 0.752. The molecule has 0 bridgehead atoms. The fraction of sp³-hybridized carbons (Fsp3) is 0.308. The van der Waals surface area contributed by atoms with E-state index in [1.165, 1.54) is 11.1 Å². The van der Waals surface area contributed by atoms with E-state index >= 15 is 0 Å². The highest BCUT2D eigenvalue weighted by Crippen LogP contribution is 2.28. The van der Waals surface area contributed by atoms with E-state index in [1.54, 1.807) is 0 Å². The van der Waals surface area contributed by atoms with Crippen molar-refractivity contribution < 1.29 is 0 Å². The van der Waals surface area contributed by atoms with Gasteiger partial charge in [0.05, 0.1) is 6.20 Å². The average molecular weight is 314 g/mol. The Morgan fingerprint density at radius 3 is 2.76 bits per heavy atom. The van der Waals surface area contributed by atoms with Crippen LogP contribution in [0.1, 0.15) is 17.0 Å². The number of halogens is 2. The largest absolute Gasteiger partial charge is 0.276 e. The molecule has 2 nitrogen and oxygen atoms in total. The number of hydrogen-bond acceptors (Lipinski definition) is 1. The van der Waals surface area contributed by atoms with Gasteiger partial charge in [-0.3, -0.25) is 4.68 Å². The van der Waals surface area contributed by atoms with Gasteiger partial charge in [-0.05, 0) is 23.6 Å². The van der Waals surface area contributed by atoms with Crippen LogP contribution in [-0.4, -0.2) is 15.7 Å². The van der Waals surface area contributed by atoms with Crippen LogP contribution in [0, 0.1) is 0 Å². The Hall–Kier alpha value is -0.800. The summed E-state index contributed by atoms with van der Waals surface area (Å²) in [6, 6.07) is 8.23. The molecule has 0 aliphatic heterocycles. The summed E-state index contributed by atoms with van der Waals surface area (Å²) in [7, 11) is 1.93. The topological polar surface area (TPSA) is 17.8 Å². The van der Waals surface area contributed by atoms with Crippen LogP contribution in [0.4, 0.5) is 0 Å². The van der Waals surface area contributed by atoms with Crippen molar-refractivity contribution in [3.8, 4) is 0 Å². The smallest absolute Gasteiger partial charge is 0.0521 e. The first kappa shape index (κ1) is 12.7. The van der Waals surface area contributed by atoms with Crippen LogP contribution in [0.15, 0.2) is 41.1 Å². The third-order valence-corrected chi connectivity index (χ3v) is 3.87. The van der Waals surface area contributed by atoms with Gasteiger partial charge in [-0.1, -0.05) is 34.1 Å². The Morgan fingerprint density at radius 2 is 2.18 bits per heavy atom. The third kappa shape index (κ3) is 3.11. The first-order valence-corrected chi connectivity index (χ1v) is 6.81. The second-order valence-electron chi connectivity index (χ2n) is 4.10. The molecule has 0 amide bonds. The summed E-state index contributed by atoms with van der Waals surface area (Å²) in [6.07, 6.45) is 4.85. The Bertz CT molecular complexity index is 496. The van der Waals surface area contributed by atoms with E-state index in [0.29, 0.717) is 11.8 Å². The fourth-order valence-electron chi connectivity index (χ4n) is 1.92. The highest BCUT2D eigenvalue weighted by atomic mass is 79.9. The predicted octanol–water partition coefficient (Wildman–Crippen LogP) is 3.75. The third-order valence-electron chi connectivity index (χ3n) is 2.77. The lowest BCUT2D eigenvalue weighted by Crippen LogP contribution is -2.05. The minimum atomic E-state index is 0.316. The van der Waals surface area contributed by atoms with Gasteiger partial charge in [0.25, 0.3) is 0 Å². The summed E-state index contributed by atoms with van der Waals surface area (Å²) in [5, 5.41) is 4.18. The van der Waals surface area contributed by atoms with Gasteiger partial charge in [-0.2, -0.15) is 5.10 Å². The number of aromatic nitrogens is 2. The highest BCUT2D eigenvalue weighted by Gasteiger charge is 2.14. The summed E-state index contributed by atoms with van der Waals surface area (Å²) in [4.78, 5) is 0. The maximum atomic E-state index is 6.08. The maximum absolute atomic E-state index is 6.08. The number of rotatable bonds is 4. The van der Waals surface area contributed by atoms with Crippen LogP contribution in [0.5, 0.6) is 0 Å². The number of nitrogens with zero attached hydrogens (tertiary/aromatic N) is 2. The molecule has 0 fully saturated rings. The lowest BCUT2D eigenvalue weighted by atomic mass is 9.95. The zero-order valence-corrected chi connectivity index (χ0v) is 11.9. The van der Waals surface area contributed by atoms with Crippen LogP contribution < -0.4 is 0 Å². The molecular weight excluding hydrogens is 300 g/mol. The maximum Gasteiger partial charge on any atom is 0.0521 e. The fourth-order valence-corrected chi connectivity index (χ4v) is 2.80. The number of benzene rings is 1. The highest BCUT2D eigenvalue weighted by molar-refractivity contribution is 9.10. The van der Waals surface area contributed by atoms with Gasteiger partial charge in [0.1, 0.15) is 0 Å². The van der Waals surface area contributed by atoms with Crippen molar-refractivity contribution in [1.82, 2.24) is 9.78 Å². The summed E-state index contributed by atoms with van der Waals surface area (Å²) < 4.78 is 2.94. The number of hydrogen-bond donors (Lipinski definition) is 0. The molecule has 0 radical (unpaired) electrons. The second-order valence-corrected chi connectivity index (χ2v) is 5.26. The van der Waals surface area contributed by atoms with Crippen molar-refractivity contribution in [2.45, 2.75) is 12.3 Å². The summed E-state index contributed by atoms with van der Waals surface area (Å²) in [5.74, 6) is 0.925. The van der Waals surface area contributed by atoms with Gasteiger partial charge in [0.2, 0.25) is 0 Å². The standard InChI is InChI=1S/C13H14BrClN2/c1-17-9-10(8-16-17)6-11(7-15)12-4-2-3-5-13(12)14/h2-5,8-9,11H,6-7H2,1H3. The molecule has 4 heteroatoms. The molecular formula is C13H14BrClN2. The van der Waals surface area contributed by atoms with Crippen LogP contribution in [0.25, 0.3) is 0 Å². The Kier molecular flexibility index (Phi) is 4.24. The zero-order chi connectivity index (χ0) is 12.3. The monoisotopic (exact) mass is 312 g/mol. The van der Waals surface area contributed by atoms with E-state index in [9.17, 15) is 0 Å². The molecule has 1 aromatic carbocycles. The molecule has 17 heavy (non-hydrogen) atoms. The van der Waals surface area contributed by atoms with Crippen LogP contribution in [-0.2, 0) is 13.5 Å². The predicted molar refractivity (Wildman–Crippen MR) is 74.5 cm³/mol. The van der Waals surface area contributed by atoms with Crippen LogP contribution in [0.3, 0.4) is 0 Å². The van der Waals surface area contributed by atoms with E-state index in [0.717, 1.165) is 10.9 Å². The van der Waals surface area contributed by atoms with E-state index < -0.39 is 0 Å². The quantitative estimate of drug-likeness (QED) is 0.786. The molecule has 0 saturated carbocycles. The van der Waals surface area contributed by atoms with E-state index in [1.807, 2.05) is 36.3 Å². The first-order chi connectivity index (χ1) is 8.20. The second kappa shape index (κ2) is 5.69. The molecule has 1 aromatic heterocycles. The van der Waals surface area contributed by atoms with Gasteiger partial charge in [-0.25, -0.2) is 0 Å². The summed E-state index contributed by atoms with van der Waals surface area (Å²) in [5.41, 5.74) is 2.47. The summed E-state index contributed by atoms with van der Waals surface area (Å²) in [6.45, 7) is 0. The molecule has 1 atom stereocenters. The Morgan fingerprint density at radius 1 is 1.41 bits per heavy atom. The SMILES string of the molecule is Cn1cc(CC(CCl)c2ccccc2Br)cn1. The summed E-state index contributed by atoms with van der Waals surface area (Å²) >= 11 is 9.66. The van der Waals surface area contributed by atoms with E-state index in [-0.39, 0.29) is 0 Å². The molecule has 1 unspecified atom stereocenters. The Balaban J connectivity index is 2.20. The molecule has 90 valence electrons. The molecule has 0 N–H and O–H groups in total. The van der Waals surface area contributed by atoms with E-state index in [2.05, 4.69) is 33.2 Å². The van der Waals surface area contributed by atoms with Crippen LogP contribution in [0.2, 0.25) is 0 Å². The molecule has 2 aromatic rings. The molecule has 0 saturated heterocycles. The number of aryl methyl sites for hydroxylation is 1. The molecule has 0 aliphatic carbocycles. The number of alkyl halides is 1. The van der Waals surface area contributed by atoms with Gasteiger partial charge in [-0.15, -0.1) is 11.6 Å². The van der Waals surface area contributed by atoms with Crippen molar-refractivity contribution in [3.63, 3.8) is 0 Å². The van der Waals surface area contributed by atoms with Crippen molar-refractivity contribution in [2.75, 3.05) is 5.88 Å². The zero-order valence-electron chi connectivity index (χ0n) is 9.61. The Labute approximate surface area is 115 Å². The molecule has 0 aliphatic rings. The van der Waals surface area contributed by atoms with Crippen molar-refractivity contribution in [1.29, 1.82) is 0 Å². The van der Waals surface area contributed by atoms with Crippen molar-refractivity contribution in [2.24, 2.45) is 7.05 Å². The van der Waals surface area contributed by atoms with Crippen molar-refractivity contribution in [3.05, 3.63) is 52.3 Å². The van der Waals surface area contributed by atoms with Gasteiger partial charge in [0.15, 0.2) is 0 Å². The van der Waals surface area contributed by atoms with Crippen molar-refractivity contribution >= 4 is 27.5 Å². The van der Waals surface area contributed by atoms with Gasteiger partial charge in [0, 0.05) is 29.5 Å². The minimum absolute atomic E-state index is 0.316. The van der Waals surface area contributed by atoms with E-state index in [4.69, 9.17) is 11.6 Å². The average Bonchev–Trinajstić information content (AvgIpc) is 2.73.